The Kier molecular flexibility index (Phi) is 4.73. The summed E-state index contributed by atoms with van der Waals surface area (Å²) in [7, 11) is 2.20. The van der Waals surface area contributed by atoms with E-state index in [1.54, 1.807) is 0 Å². The fourth-order valence-electron chi connectivity index (χ4n) is 3.77. The Hall–Kier alpha value is -2.09. The summed E-state index contributed by atoms with van der Waals surface area (Å²) in [6, 6.07) is 15.3. The molecule has 132 valence electrons. The van der Waals surface area contributed by atoms with E-state index in [9.17, 15) is 0 Å². The van der Waals surface area contributed by atoms with Crippen LogP contribution in [-0.4, -0.2) is 18.8 Å². The van der Waals surface area contributed by atoms with Crippen molar-refractivity contribution in [2.24, 2.45) is 4.99 Å². The van der Waals surface area contributed by atoms with Gasteiger partial charge in [0, 0.05) is 24.5 Å². The number of fused-ring (bicyclic) bond motifs is 1. The molecule has 1 aliphatic rings. The predicted molar refractivity (Wildman–Crippen MR) is 110 cm³/mol. The van der Waals surface area contributed by atoms with E-state index in [0.717, 1.165) is 5.69 Å². The van der Waals surface area contributed by atoms with Crippen LogP contribution in [0.3, 0.4) is 0 Å². The van der Waals surface area contributed by atoms with Crippen molar-refractivity contribution in [3.63, 3.8) is 0 Å². The Morgan fingerprint density at radius 1 is 1.12 bits per heavy atom. The Morgan fingerprint density at radius 3 is 2.44 bits per heavy atom. The molecule has 2 heteroatoms. The summed E-state index contributed by atoms with van der Waals surface area (Å²) in [6.45, 7) is 11.4. The fraction of sp³-hybridized carbons (Fsp3) is 0.435. The van der Waals surface area contributed by atoms with Gasteiger partial charge in [0.05, 0.1) is 5.69 Å². The maximum absolute atomic E-state index is 4.66. The topological polar surface area (TPSA) is 15.6 Å². The van der Waals surface area contributed by atoms with Gasteiger partial charge in [-0.3, -0.25) is 4.99 Å². The van der Waals surface area contributed by atoms with Gasteiger partial charge < -0.3 is 4.90 Å². The zero-order valence-corrected chi connectivity index (χ0v) is 16.4. The van der Waals surface area contributed by atoms with Gasteiger partial charge in [0.25, 0.3) is 0 Å². The highest BCUT2D eigenvalue weighted by atomic mass is 15.2. The highest BCUT2D eigenvalue weighted by Gasteiger charge is 2.33. The van der Waals surface area contributed by atoms with Crippen molar-refractivity contribution in [2.75, 3.05) is 11.9 Å². The van der Waals surface area contributed by atoms with E-state index in [-0.39, 0.29) is 5.54 Å². The van der Waals surface area contributed by atoms with E-state index in [1.807, 2.05) is 6.21 Å². The van der Waals surface area contributed by atoms with E-state index in [0.29, 0.717) is 11.8 Å². The summed E-state index contributed by atoms with van der Waals surface area (Å²) in [6.07, 6.45) is 3.16. The van der Waals surface area contributed by atoms with Crippen molar-refractivity contribution >= 4 is 17.6 Å². The van der Waals surface area contributed by atoms with Crippen LogP contribution in [0, 0.1) is 0 Å². The first-order valence-corrected chi connectivity index (χ1v) is 9.30. The van der Waals surface area contributed by atoms with Crippen molar-refractivity contribution in [1.82, 2.24) is 0 Å². The van der Waals surface area contributed by atoms with Gasteiger partial charge >= 0.3 is 0 Å². The second-order valence-electron chi connectivity index (χ2n) is 8.30. The molecule has 0 radical (unpaired) electrons. The Bertz CT molecular complexity index is 769. The van der Waals surface area contributed by atoms with Crippen molar-refractivity contribution in [3.05, 3.63) is 59.2 Å². The molecule has 0 saturated heterocycles. The number of benzene rings is 2. The summed E-state index contributed by atoms with van der Waals surface area (Å²) in [5, 5.41) is 0. The van der Waals surface area contributed by atoms with Crippen molar-refractivity contribution < 1.29 is 0 Å². The largest absolute Gasteiger partial charge is 0.369 e. The van der Waals surface area contributed by atoms with Gasteiger partial charge in [-0.15, -0.1) is 0 Å². The maximum Gasteiger partial charge on any atom is 0.0630 e. The first-order chi connectivity index (χ1) is 11.8. The van der Waals surface area contributed by atoms with Crippen LogP contribution in [0.25, 0.3) is 0 Å². The van der Waals surface area contributed by atoms with Crippen molar-refractivity contribution in [3.8, 4) is 0 Å². The summed E-state index contributed by atoms with van der Waals surface area (Å²) in [5.74, 6) is 1.13. The van der Waals surface area contributed by atoms with Crippen molar-refractivity contribution in [2.45, 2.75) is 58.4 Å². The molecule has 2 nitrogen and oxygen atoms in total. The Morgan fingerprint density at radius 2 is 1.80 bits per heavy atom. The van der Waals surface area contributed by atoms with E-state index in [1.165, 1.54) is 28.8 Å². The van der Waals surface area contributed by atoms with Gasteiger partial charge in [-0.05, 0) is 73.1 Å². The molecule has 1 aliphatic heterocycles. The SMILES string of the molecule is CC(C)c1ccc(N=Cc2ccc3c(c2)C(C)CC(C)(C)N3C)cc1. The second-order valence-corrected chi connectivity index (χ2v) is 8.30. The molecule has 0 spiro atoms. The number of nitrogens with zero attached hydrogens (tertiary/aromatic N) is 2. The van der Waals surface area contributed by atoms with Crippen LogP contribution in [0.5, 0.6) is 0 Å². The van der Waals surface area contributed by atoms with Crippen LogP contribution in [0.15, 0.2) is 47.5 Å². The smallest absolute Gasteiger partial charge is 0.0630 e. The molecule has 0 fully saturated rings. The minimum atomic E-state index is 0.209. The van der Waals surface area contributed by atoms with Crippen LogP contribution in [0.1, 0.15) is 69.6 Å². The number of hydrogen-bond donors (Lipinski definition) is 0. The highest BCUT2D eigenvalue weighted by molar-refractivity contribution is 5.83. The summed E-state index contributed by atoms with van der Waals surface area (Å²) in [4.78, 5) is 7.07. The van der Waals surface area contributed by atoms with Crippen molar-refractivity contribution in [1.29, 1.82) is 0 Å². The monoisotopic (exact) mass is 334 g/mol. The van der Waals surface area contributed by atoms with Gasteiger partial charge in [0.2, 0.25) is 0 Å². The molecule has 25 heavy (non-hydrogen) atoms. The van der Waals surface area contributed by atoms with E-state index in [4.69, 9.17) is 0 Å². The molecular weight excluding hydrogens is 304 g/mol. The third-order valence-corrected chi connectivity index (χ3v) is 5.58. The second kappa shape index (κ2) is 6.67. The lowest BCUT2D eigenvalue weighted by molar-refractivity contribution is 0.395. The normalized spacial score (nSPS) is 19.5. The molecular formula is C23H30N2. The maximum atomic E-state index is 4.66. The molecule has 0 aliphatic carbocycles. The van der Waals surface area contributed by atoms with E-state index < -0.39 is 0 Å². The van der Waals surface area contributed by atoms with Crippen LogP contribution >= 0.6 is 0 Å². The molecule has 0 amide bonds. The molecule has 0 N–H and O–H groups in total. The van der Waals surface area contributed by atoms with Crippen LogP contribution in [-0.2, 0) is 0 Å². The lowest BCUT2D eigenvalue weighted by Crippen LogP contribution is -2.45. The molecule has 2 aromatic carbocycles. The zero-order chi connectivity index (χ0) is 18.2. The number of aliphatic imine (C=N–C) groups is 1. The van der Waals surface area contributed by atoms with Gasteiger partial charge in [0.1, 0.15) is 0 Å². The van der Waals surface area contributed by atoms with Gasteiger partial charge in [-0.2, -0.15) is 0 Å². The first-order valence-electron chi connectivity index (χ1n) is 9.30. The quantitative estimate of drug-likeness (QED) is 0.603. The van der Waals surface area contributed by atoms with Gasteiger partial charge in [-0.1, -0.05) is 39.0 Å². The summed E-state index contributed by atoms with van der Waals surface area (Å²) >= 11 is 0. The number of anilines is 1. The zero-order valence-electron chi connectivity index (χ0n) is 16.4. The third kappa shape index (κ3) is 3.63. The third-order valence-electron chi connectivity index (χ3n) is 5.58. The Balaban J connectivity index is 1.84. The molecule has 0 saturated carbocycles. The molecule has 1 atom stereocenters. The van der Waals surface area contributed by atoms with Gasteiger partial charge in [0.15, 0.2) is 0 Å². The van der Waals surface area contributed by atoms with E-state index in [2.05, 4.69) is 94.0 Å². The standard InChI is InChI=1S/C23H30N2/c1-16(2)19-8-10-20(11-9-19)24-15-18-7-12-22-21(13-18)17(3)14-23(4,5)25(22)6/h7-13,15-17H,14H2,1-6H3. The number of hydrogen-bond acceptors (Lipinski definition) is 2. The molecule has 1 heterocycles. The molecule has 0 aromatic heterocycles. The summed E-state index contributed by atoms with van der Waals surface area (Å²) in [5.41, 5.74) is 6.52. The fourth-order valence-corrected chi connectivity index (χ4v) is 3.77. The lowest BCUT2D eigenvalue weighted by Gasteiger charge is -2.45. The predicted octanol–water partition coefficient (Wildman–Crippen LogP) is 6.28. The van der Waals surface area contributed by atoms with E-state index >= 15 is 0 Å². The molecule has 3 rings (SSSR count). The average molecular weight is 335 g/mol. The minimum absolute atomic E-state index is 0.209. The van der Waals surface area contributed by atoms with Gasteiger partial charge in [-0.25, -0.2) is 0 Å². The lowest BCUT2D eigenvalue weighted by atomic mass is 9.80. The molecule has 1 unspecified atom stereocenters. The number of rotatable bonds is 3. The minimum Gasteiger partial charge on any atom is -0.369 e. The first kappa shape index (κ1) is 17.7. The average Bonchev–Trinajstić information content (AvgIpc) is 2.58. The Labute approximate surface area is 152 Å². The highest BCUT2D eigenvalue weighted by Crippen LogP contribution is 2.42. The molecule has 2 aromatic rings. The van der Waals surface area contributed by atoms with Crippen LogP contribution in [0.2, 0.25) is 0 Å². The molecule has 0 bridgehead atoms. The summed E-state index contributed by atoms with van der Waals surface area (Å²) < 4.78 is 0. The van der Waals surface area contributed by atoms with Crippen LogP contribution < -0.4 is 4.90 Å². The van der Waals surface area contributed by atoms with Crippen LogP contribution in [0.4, 0.5) is 11.4 Å².